The standard InChI is InChI=1S/C50H89NO13/c1-3-5-7-9-11-13-15-17-19-21-23-25-27-29-31-33-39(54)38(51-42(55)34-32-30-28-26-24-22-20-18-16-14-12-10-8-6-4-2)37-61-49-47(60)45(58)48(41(36-53)63-49)64-50-46(59)44(57)43(56)40(35-52)62-50/h15,17-18,20,23,25,31,33,38-41,43-50,52-54,56-60H,3-14,16,19,21-22,24,26-30,32,34-37H2,1-2H3,(H,51,55)/b17-15+,20-18-,25-23+,33-31+. The van der Waals surface area contributed by atoms with Crippen molar-refractivity contribution < 1.29 is 64.6 Å². The number of aliphatic hydroxyl groups is 8. The molecule has 2 fully saturated rings. The minimum Gasteiger partial charge on any atom is -0.394 e. The van der Waals surface area contributed by atoms with Crippen LogP contribution in [-0.4, -0.2) is 140 Å². The van der Waals surface area contributed by atoms with Crippen LogP contribution in [0.4, 0.5) is 0 Å². The molecule has 0 aliphatic carbocycles. The van der Waals surface area contributed by atoms with Gasteiger partial charge in [0.25, 0.3) is 0 Å². The highest BCUT2D eigenvalue weighted by molar-refractivity contribution is 5.76. The molecule has 14 nitrogen and oxygen atoms in total. The van der Waals surface area contributed by atoms with E-state index in [2.05, 4.69) is 55.6 Å². The maximum atomic E-state index is 13.1. The smallest absolute Gasteiger partial charge is 0.220 e. The molecule has 0 aromatic carbocycles. The monoisotopic (exact) mass is 912 g/mol. The molecule has 0 aromatic heterocycles. The lowest BCUT2D eigenvalue weighted by Gasteiger charge is -2.46. The van der Waals surface area contributed by atoms with E-state index in [1.807, 2.05) is 6.08 Å². The molecule has 2 aliphatic heterocycles. The summed E-state index contributed by atoms with van der Waals surface area (Å²) in [7, 11) is 0. The van der Waals surface area contributed by atoms with Crippen LogP contribution in [0.3, 0.4) is 0 Å². The molecule has 12 unspecified atom stereocenters. The van der Waals surface area contributed by atoms with E-state index in [9.17, 15) is 45.6 Å². The van der Waals surface area contributed by atoms with E-state index in [4.69, 9.17) is 18.9 Å². The summed E-state index contributed by atoms with van der Waals surface area (Å²) in [5.74, 6) is -0.265. The molecule has 0 radical (unpaired) electrons. The molecule has 372 valence electrons. The molecule has 64 heavy (non-hydrogen) atoms. The number of aliphatic hydroxyl groups excluding tert-OH is 8. The molecule has 0 aromatic rings. The first-order chi connectivity index (χ1) is 31.1. The molecule has 12 atom stereocenters. The van der Waals surface area contributed by atoms with Gasteiger partial charge < -0.3 is 65.1 Å². The molecule has 2 rings (SSSR count). The predicted octanol–water partition coefficient (Wildman–Crippen LogP) is 6.10. The summed E-state index contributed by atoms with van der Waals surface area (Å²) in [4.78, 5) is 13.1. The summed E-state index contributed by atoms with van der Waals surface area (Å²) in [6.45, 7) is 2.71. The van der Waals surface area contributed by atoms with Crippen LogP contribution in [0, 0.1) is 0 Å². The van der Waals surface area contributed by atoms with Crippen molar-refractivity contribution in [1.82, 2.24) is 5.32 Å². The van der Waals surface area contributed by atoms with Crippen molar-refractivity contribution in [2.24, 2.45) is 0 Å². The quantitative estimate of drug-likeness (QED) is 0.0254. The van der Waals surface area contributed by atoms with Gasteiger partial charge in [-0.15, -0.1) is 0 Å². The largest absolute Gasteiger partial charge is 0.394 e. The number of allylic oxidation sites excluding steroid dienone is 7. The third-order valence-electron chi connectivity index (χ3n) is 12.0. The zero-order chi connectivity index (χ0) is 46.8. The number of rotatable bonds is 37. The number of hydrogen-bond donors (Lipinski definition) is 9. The summed E-state index contributed by atoms with van der Waals surface area (Å²) < 4.78 is 22.6. The molecule has 2 saturated heterocycles. The van der Waals surface area contributed by atoms with Crippen LogP contribution in [0.1, 0.15) is 168 Å². The Hall–Kier alpha value is -2.05. The zero-order valence-corrected chi connectivity index (χ0v) is 39.3. The molecule has 2 heterocycles. The van der Waals surface area contributed by atoms with Crippen LogP contribution < -0.4 is 5.32 Å². The second-order valence-electron chi connectivity index (χ2n) is 17.6. The lowest BCUT2D eigenvalue weighted by atomic mass is 9.97. The highest BCUT2D eigenvalue weighted by atomic mass is 16.7. The van der Waals surface area contributed by atoms with Gasteiger partial charge in [0.2, 0.25) is 5.91 Å². The van der Waals surface area contributed by atoms with E-state index in [1.165, 1.54) is 70.6 Å². The van der Waals surface area contributed by atoms with Gasteiger partial charge in [-0.25, -0.2) is 0 Å². The Morgan fingerprint density at radius 3 is 1.53 bits per heavy atom. The van der Waals surface area contributed by atoms with E-state index < -0.39 is 86.8 Å². The van der Waals surface area contributed by atoms with Crippen molar-refractivity contribution in [2.75, 3.05) is 19.8 Å². The van der Waals surface area contributed by atoms with Gasteiger partial charge in [0, 0.05) is 6.42 Å². The fourth-order valence-electron chi connectivity index (χ4n) is 7.84. The van der Waals surface area contributed by atoms with Crippen LogP contribution in [0.25, 0.3) is 0 Å². The van der Waals surface area contributed by atoms with Gasteiger partial charge in [0.1, 0.15) is 48.8 Å². The minimum atomic E-state index is -1.79. The molecule has 1 amide bonds. The summed E-state index contributed by atoms with van der Waals surface area (Å²) >= 11 is 0. The number of nitrogens with one attached hydrogen (secondary N) is 1. The Labute approximate surface area is 384 Å². The Morgan fingerprint density at radius 1 is 0.547 bits per heavy atom. The van der Waals surface area contributed by atoms with Crippen LogP contribution in [0.15, 0.2) is 48.6 Å². The molecule has 0 bridgehead atoms. The molecule has 9 N–H and O–H groups in total. The molecular weight excluding hydrogens is 823 g/mol. The minimum absolute atomic E-state index is 0.259. The van der Waals surface area contributed by atoms with Gasteiger partial charge in [0.15, 0.2) is 12.6 Å². The van der Waals surface area contributed by atoms with E-state index in [0.29, 0.717) is 12.8 Å². The maximum absolute atomic E-state index is 13.1. The number of amides is 1. The second kappa shape index (κ2) is 37.0. The Kier molecular flexibility index (Phi) is 33.6. The van der Waals surface area contributed by atoms with Crippen molar-refractivity contribution in [3.63, 3.8) is 0 Å². The SMILES string of the molecule is CCCCCCC/C=C/CC/C=C/CC/C=C/C(O)C(COC1OC(CO)C(OC2OC(CO)C(O)C(O)C2O)C(O)C1O)NC(=O)CCCCCCC/C=C\CCCCCCCC. The highest BCUT2D eigenvalue weighted by Gasteiger charge is 2.51. The van der Waals surface area contributed by atoms with E-state index in [0.717, 1.165) is 64.2 Å². The highest BCUT2D eigenvalue weighted by Crippen LogP contribution is 2.30. The first-order valence-electron chi connectivity index (χ1n) is 24.9. The number of hydrogen-bond acceptors (Lipinski definition) is 13. The normalized spacial score (nSPS) is 27.7. The van der Waals surface area contributed by atoms with Crippen LogP contribution >= 0.6 is 0 Å². The van der Waals surface area contributed by atoms with E-state index >= 15 is 0 Å². The summed E-state index contributed by atoms with van der Waals surface area (Å²) in [6.07, 6.45) is 25.8. The van der Waals surface area contributed by atoms with Crippen LogP contribution in [0.5, 0.6) is 0 Å². The average molecular weight is 912 g/mol. The van der Waals surface area contributed by atoms with Crippen molar-refractivity contribution in [3.05, 3.63) is 48.6 Å². The van der Waals surface area contributed by atoms with Gasteiger partial charge in [-0.2, -0.15) is 0 Å². The van der Waals surface area contributed by atoms with E-state index in [1.54, 1.807) is 6.08 Å². The second-order valence-corrected chi connectivity index (χ2v) is 17.6. The topological polar surface area (TPSA) is 228 Å². The predicted molar refractivity (Wildman–Crippen MR) is 249 cm³/mol. The fourth-order valence-corrected chi connectivity index (χ4v) is 7.84. The molecular formula is C50H89NO13. The van der Waals surface area contributed by atoms with Gasteiger partial charge in [-0.1, -0.05) is 140 Å². The Balaban J connectivity index is 1.90. The van der Waals surface area contributed by atoms with Crippen molar-refractivity contribution in [1.29, 1.82) is 0 Å². The molecule has 0 spiro atoms. The van der Waals surface area contributed by atoms with Gasteiger partial charge >= 0.3 is 0 Å². The first kappa shape index (κ1) is 58.1. The lowest BCUT2D eigenvalue weighted by Crippen LogP contribution is -2.65. The van der Waals surface area contributed by atoms with E-state index in [-0.39, 0.29) is 18.9 Å². The molecule has 2 aliphatic rings. The van der Waals surface area contributed by atoms with Gasteiger partial charge in [-0.05, 0) is 70.6 Å². The average Bonchev–Trinajstić information content (AvgIpc) is 3.29. The summed E-state index contributed by atoms with van der Waals surface area (Å²) in [5, 5.41) is 86.6. The number of carbonyl (C=O) groups excluding carboxylic acids is 1. The molecule has 14 heteroatoms. The zero-order valence-electron chi connectivity index (χ0n) is 39.3. The third kappa shape index (κ3) is 24.1. The maximum Gasteiger partial charge on any atom is 0.220 e. The van der Waals surface area contributed by atoms with Gasteiger partial charge in [-0.3, -0.25) is 4.79 Å². The summed E-state index contributed by atoms with van der Waals surface area (Å²) in [5.41, 5.74) is 0. The lowest BCUT2D eigenvalue weighted by molar-refractivity contribution is -0.359. The van der Waals surface area contributed by atoms with Crippen LogP contribution in [0.2, 0.25) is 0 Å². The number of ether oxygens (including phenoxy) is 4. The van der Waals surface area contributed by atoms with Crippen molar-refractivity contribution in [3.8, 4) is 0 Å². The number of unbranched alkanes of at least 4 members (excludes halogenated alkanes) is 18. The molecule has 0 saturated carbocycles. The summed E-state index contributed by atoms with van der Waals surface area (Å²) in [6, 6.07) is -0.940. The first-order valence-corrected chi connectivity index (χ1v) is 24.9. The van der Waals surface area contributed by atoms with Crippen LogP contribution in [-0.2, 0) is 23.7 Å². The third-order valence-corrected chi connectivity index (χ3v) is 12.0. The van der Waals surface area contributed by atoms with Crippen molar-refractivity contribution in [2.45, 2.75) is 242 Å². The Morgan fingerprint density at radius 2 is 1.00 bits per heavy atom. The Bertz CT molecular complexity index is 1260. The fraction of sp³-hybridized carbons (Fsp3) is 0.820. The number of carbonyl (C=O) groups is 1. The van der Waals surface area contributed by atoms with Crippen molar-refractivity contribution >= 4 is 5.91 Å². The van der Waals surface area contributed by atoms with Gasteiger partial charge in [0.05, 0.1) is 32.0 Å².